The maximum atomic E-state index is 14.9. The molecule has 0 saturated carbocycles. The Morgan fingerprint density at radius 1 is 1.32 bits per heavy atom. The van der Waals surface area contributed by atoms with Crippen molar-refractivity contribution in [2.24, 2.45) is 0 Å². The molecule has 3 rings (SSSR count). The highest BCUT2D eigenvalue weighted by molar-refractivity contribution is 7.93. The summed E-state index contributed by atoms with van der Waals surface area (Å²) >= 11 is 6.09. The van der Waals surface area contributed by atoms with Gasteiger partial charge in [-0.2, -0.15) is 0 Å². The lowest BCUT2D eigenvalue weighted by molar-refractivity contribution is 0.103. The molecule has 28 heavy (non-hydrogen) atoms. The Hall–Kier alpha value is -2.52. The number of benzene rings is 1. The second kappa shape index (κ2) is 7.48. The number of ketones is 1. The monoisotopic (exact) mass is 427 g/mol. The van der Waals surface area contributed by atoms with Crippen molar-refractivity contribution >= 4 is 44.1 Å². The first kappa shape index (κ1) is 20.2. The fourth-order valence-corrected chi connectivity index (χ4v) is 3.99. The Balaban J connectivity index is 2.11. The number of hydrogen-bond acceptors (Lipinski definition) is 4. The molecular formula is C18H16ClF2N3O3S. The van der Waals surface area contributed by atoms with Gasteiger partial charge in [0.2, 0.25) is 15.8 Å². The standard InChI is InChI=1S/C18H16ClF2N3O3S/c1-3-9(2)28(26,27)24-13-5-4-12(20)15(16(13)21)17(25)10-8-23-18-14(10)11(19)6-7-22-18/h4-9,24H,3H2,1-2H3,(H,22,23). The van der Waals surface area contributed by atoms with E-state index in [4.69, 9.17) is 11.6 Å². The Labute approximate surface area is 165 Å². The Morgan fingerprint density at radius 3 is 2.71 bits per heavy atom. The van der Waals surface area contributed by atoms with Gasteiger partial charge < -0.3 is 4.98 Å². The van der Waals surface area contributed by atoms with Gasteiger partial charge in [0, 0.05) is 17.8 Å². The van der Waals surface area contributed by atoms with E-state index in [2.05, 4.69) is 14.7 Å². The zero-order valence-corrected chi connectivity index (χ0v) is 16.5. The van der Waals surface area contributed by atoms with Crippen LogP contribution in [-0.4, -0.2) is 29.4 Å². The second-order valence-electron chi connectivity index (χ2n) is 6.20. The van der Waals surface area contributed by atoms with Crippen molar-refractivity contribution < 1.29 is 22.0 Å². The fraction of sp³-hybridized carbons (Fsp3) is 0.222. The summed E-state index contributed by atoms with van der Waals surface area (Å²) in [6.07, 6.45) is 2.96. The SMILES string of the molecule is CCC(C)S(=O)(=O)Nc1ccc(F)c(C(=O)c2c[nH]c3nccc(Cl)c23)c1F. The summed E-state index contributed by atoms with van der Waals surface area (Å²) in [6.45, 7) is 3.12. The molecule has 2 heterocycles. The zero-order chi connectivity index (χ0) is 20.6. The highest BCUT2D eigenvalue weighted by Crippen LogP contribution is 2.30. The fourth-order valence-electron chi connectivity index (χ4n) is 2.64. The zero-order valence-electron chi connectivity index (χ0n) is 14.9. The van der Waals surface area contributed by atoms with Crippen LogP contribution in [0.25, 0.3) is 11.0 Å². The predicted molar refractivity (Wildman–Crippen MR) is 103 cm³/mol. The number of hydrogen-bond donors (Lipinski definition) is 2. The second-order valence-corrected chi connectivity index (χ2v) is 8.70. The van der Waals surface area contributed by atoms with Gasteiger partial charge in [-0.1, -0.05) is 18.5 Å². The van der Waals surface area contributed by atoms with Gasteiger partial charge in [0.1, 0.15) is 11.5 Å². The molecule has 0 aliphatic carbocycles. The molecule has 1 unspecified atom stereocenters. The van der Waals surface area contributed by atoms with Crippen molar-refractivity contribution in [3.8, 4) is 0 Å². The molecule has 0 saturated heterocycles. The molecule has 10 heteroatoms. The van der Waals surface area contributed by atoms with Gasteiger partial charge in [0.25, 0.3) is 0 Å². The van der Waals surface area contributed by atoms with Gasteiger partial charge in [-0.3, -0.25) is 9.52 Å². The summed E-state index contributed by atoms with van der Waals surface area (Å²) in [7, 11) is -3.90. The lowest BCUT2D eigenvalue weighted by atomic mass is 10.0. The molecule has 0 radical (unpaired) electrons. The summed E-state index contributed by atoms with van der Waals surface area (Å²) in [5, 5.41) is -0.391. The van der Waals surface area contributed by atoms with Crippen LogP contribution in [0.3, 0.4) is 0 Å². The topological polar surface area (TPSA) is 91.9 Å². The van der Waals surface area contributed by atoms with Gasteiger partial charge in [0.15, 0.2) is 5.82 Å². The molecule has 1 aromatic carbocycles. The summed E-state index contributed by atoms with van der Waals surface area (Å²) < 4.78 is 55.8. The van der Waals surface area contributed by atoms with E-state index in [1.807, 2.05) is 0 Å². The number of fused-ring (bicyclic) bond motifs is 1. The minimum atomic E-state index is -3.90. The number of pyridine rings is 1. The van der Waals surface area contributed by atoms with E-state index >= 15 is 0 Å². The van der Waals surface area contributed by atoms with Crippen molar-refractivity contribution in [3.63, 3.8) is 0 Å². The number of aromatic nitrogens is 2. The third kappa shape index (κ3) is 3.47. The van der Waals surface area contributed by atoms with Crippen molar-refractivity contribution in [3.05, 3.63) is 58.4 Å². The van der Waals surface area contributed by atoms with Crippen LogP contribution in [0.15, 0.2) is 30.6 Å². The van der Waals surface area contributed by atoms with E-state index in [0.717, 1.165) is 12.1 Å². The Morgan fingerprint density at radius 2 is 2.04 bits per heavy atom. The van der Waals surface area contributed by atoms with Crippen molar-refractivity contribution in [1.29, 1.82) is 0 Å². The molecule has 6 nitrogen and oxygen atoms in total. The summed E-state index contributed by atoms with van der Waals surface area (Å²) in [4.78, 5) is 19.6. The minimum Gasteiger partial charge on any atom is -0.345 e. The number of anilines is 1. The molecule has 2 N–H and O–H groups in total. The Bertz CT molecular complexity index is 1180. The molecule has 2 aromatic heterocycles. The smallest absolute Gasteiger partial charge is 0.235 e. The van der Waals surface area contributed by atoms with Crippen LogP contribution >= 0.6 is 11.6 Å². The number of halogens is 3. The van der Waals surface area contributed by atoms with Crippen LogP contribution in [-0.2, 0) is 10.0 Å². The van der Waals surface area contributed by atoms with Crippen LogP contribution in [0.5, 0.6) is 0 Å². The highest BCUT2D eigenvalue weighted by atomic mass is 35.5. The average molecular weight is 428 g/mol. The molecule has 0 fully saturated rings. The number of carbonyl (C=O) groups excluding carboxylic acids is 1. The van der Waals surface area contributed by atoms with Crippen LogP contribution < -0.4 is 4.72 Å². The highest BCUT2D eigenvalue weighted by Gasteiger charge is 2.27. The van der Waals surface area contributed by atoms with Crippen LogP contribution in [0.4, 0.5) is 14.5 Å². The molecule has 0 spiro atoms. The molecule has 0 bridgehead atoms. The molecule has 1 atom stereocenters. The number of nitrogens with zero attached hydrogens (tertiary/aromatic N) is 1. The van der Waals surface area contributed by atoms with Crippen LogP contribution in [0.2, 0.25) is 5.02 Å². The third-order valence-electron chi connectivity index (χ3n) is 4.44. The number of nitrogens with one attached hydrogen (secondary N) is 2. The first-order valence-electron chi connectivity index (χ1n) is 8.33. The number of aromatic amines is 1. The van der Waals surface area contributed by atoms with Gasteiger partial charge >= 0.3 is 0 Å². The van der Waals surface area contributed by atoms with E-state index in [1.54, 1.807) is 6.92 Å². The van der Waals surface area contributed by atoms with Crippen molar-refractivity contribution in [1.82, 2.24) is 9.97 Å². The molecule has 148 valence electrons. The van der Waals surface area contributed by atoms with E-state index in [0.29, 0.717) is 6.42 Å². The van der Waals surface area contributed by atoms with Gasteiger partial charge in [-0.15, -0.1) is 0 Å². The van der Waals surface area contributed by atoms with E-state index in [9.17, 15) is 22.0 Å². The average Bonchev–Trinajstić information content (AvgIpc) is 3.09. The third-order valence-corrected chi connectivity index (χ3v) is 6.65. The summed E-state index contributed by atoms with van der Waals surface area (Å²) in [5.74, 6) is -3.41. The van der Waals surface area contributed by atoms with Gasteiger partial charge in [-0.05, 0) is 31.5 Å². The van der Waals surface area contributed by atoms with Gasteiger partial charge in [0.05, 0.1) is 27.1 Å². The number of carbonyl (C=O) groups is 1. The Kier molecular flexibility index (Phi) is 5.40. The van der Waals surface area contributed by atoms with Crippen molar-refractivity contribution in [2.45, 2.75) is 25.5 Å². The van der Waals surface area contributed by atoms with E-state index in [-0.39, 0.29) is 21.6 Å². The first-order chi connectivity index (χ1) is 13.2. The maximum Gasteiger partial charge on any atom is 0.235 e. The predicted octanol–water partition coefficient (Wildman–Crippen LogP) is 4.27. The minimum absolute atomic E-state index is 0.0761. The lowest BCUT2D eigenvalue weighted by Gasteiger charge is -2.15. The largest absolute Gasteiger partial charge is 0.345 e. The molecule has 3 aromatic rings. The van der Waals surface area contributed by atoms with E-state index < -0.39 is 43.9 Å². The quantitative estimate of drug-likeness (QED) is 0.575. The maximum absolute atomic E-state index is 14.9. The summed E-state index contributed by atoms with van der Waals surface area (Å²) in [6, 6.07) is 3.21. The number of rotatable bonds is 6. The molecule has 0 aliphatic rings. The molecule has 0 amide bonds. The number of H-pyrrole nitrogens is 1. The summed E-state index contributed by atoms with van der Waals surface area (Å²) in [5.41, 5.74) is -1.18. The van der Waals surface area contributed by atoms with Crippen LogP contribution in [0.1, 0.15) is 36.2 Å². The van der Waals surface area contributed by atoms with Crippen LogP contribution in [0, 0.1) is 11.6 Å². The van der Waals surface area contributed by atoms with E-state index in [1.165, 1.54) is 25.4 Å². The van der Waals surface area contributed by atoms with Crippen molar-refractivity contribution in [2.75, 3.05) is 4.72 Å². The molecule has 0 aliphatic heterocycles. The lowest BCUT2D eigenvalue weighted by Crippen LogP contribution is -2.25. The first-order valence-corrected chi connectivity index (χ1v) is 10.3. The molecular weight excluding hydrogens is 412 g/mol. The number of sulfonamides is 1. The van der Waals surface area contributed by atoms with Gasteiger partial charge in [-0.25, -0.2) is 22.2 Å². The normalized spacial score (nSPS) is 12.9.